The van der Waals surface area contributed by atoms with E-state index in [0.717, 1.165) is 16.0 Å². The summed E-state index contributed by atoms with van der Waals surface area (Å²) in [5.41, 5.74) is 3.22. The number of amides is 3. The van der Waals surface area contributed by atoms with Gasteiger partial charge in [-0.05, 0) is 73.5 Å². The van der Waals surface area contributed by atoms with E-state index >= 15 is 0 Å². The summed E-state index contributed by atoms with van der Waals surface area (Å²) < 4.78 is 0. The first-order chi connectivity index (χ1) is 19.7. The van der Waals surface area contributed by atoms with E-state index in [2.05, 4.69) is 16.0 Å². The third-order valence-corrected chi connectivity index (χ3v) is 7.91. The molecule has 1 atom stereocenters. The molecule has 0 radical (unpaired) electrons. The number of hydrogen-bond acceptors (Lipinski definition) is 4. The summed E-state index contributed by atoms with van der Waals surface area (Å²) in [6.45, 7) is 3.70. The number of thioether (sulfide) groups is 1. The Bertz CT molecular complexity index is 1610. The quantitative estimate of drug-likeness (QED) is 0.134. The van der Waals surface area contributed by atoms with Gasteiger partial charge in [-0.2, -0.15) is 0 Å². The van der Waals surface area contributed by atoms with Crippen LogP contribution in [-0.2, 0) is 9.59 Å². The van der Waals surface area contributed by atoms with Crippen molar-refractivity contribution < 1.29 is 14.4 Å². The smallest absolute Gasteiger partial charge is 0.272 e. The van der Waals surface area contributed by atoms with E-state index in [4.69, 9.17) is 23.2 Å². The van der Waals surface area contributed by atoms with Gasteiger partial charge < -0.3 is 16.0 Å². The van der Waals surface area contributed by atoms with Crippen LogP contribution in [-0.4, -0.2) is 23.0 Å². The van der Waals surface area contributed by atoms with Gasteiger partial charge >= 0.3 is 0 Å². The summed E-state index contributed by atoms with van der Waals surface area (Å²) in [7, 11) is 0. The topological polar surface area (TPSA) is 87.3 Å². The minimum absolute atomic E-state index is 0.0948. The molecule has 3 N–H and O–H groups in total. The molecule has 4 aromatic rings. The van der Waals surface area contributed by atoms with E-state index in [0.29, 0.717) is 22.0 Å². The molecule has 0 aliphatic carbocycles. The molecule has 0 spiro atoms. The number of nitrogens with one attached hydrogen (secondary N) is 3. The highest BCUT2D eigenvalue weighted by molar-refractivity contribution is 8.00. The Hall–Kier alpha value is -4.04. The predicted molar refractivity (Wildman–Crippen MR) is 169 cm³/mol. The molecule has 0 aromatic heterocycles. The van der Waals surface area contributed by atoms with Crippen molar-refractivity contribution in [2.75, 3.05) is 10.6 Å². The maximum absolute atomic E-state index is 13.4. The second-order valence-corrected chi connectivity index (χ2v) is 11.3. The molecule has 0 saturated carbocycles. The van der Waals surface area contributed by atoms with Gasteiger partial charge in [0.1, 0.15) is 5.70 Å². The number of carbonyl (C=O) groups excluding carboxylic acids is 3. The third-order valence-electron chi connectivity index (χ3n) is 6.00. The summed E-state index contributed by atoms with van der Waals surface area (Å²) in [6.07, 6.45) is 1.65. The van der Waals surface area contributed by atoms with Crippen LogP contribution in [0.5, 0.6) is 0 Å². The number of rotatable bonds is 9. The number of anilines is 2. The fourth-order valence-corrected chi connectivity index (χ4v) is 5.06. The molecule has 9 heteroatoms. The fraction of sp³-hybridized carbons (Fsp3) is 0.0938. The molecule has 41 heavy (non-hydrogen) atoms. The summed E-state index contributed by atoms with van der Waals surface area (Å²) >= 11 is 13.6. The zero-order valence-electron chi connectivity index (χ0n) is 22.3. The van der Waals surface area contributed by atoms with Crippen LogP contribution in [0.4, 0.5) is 11.4 Å². The second-order valence-electron chi connectivity index (χ2n) is 9.07. The third kappa shape index (κ3) is 8.24. The van der Waals surface area contributed by atoms with E-state index in [-0.39, 0.29) is 16.6 Å². The number of benzene rings is 4. The van der Waals surface area contributed by atoms with Gasteiger partial charge in [0, 0.05) is 16.1 Å². The van der Waals surface area contributed by atoms with E-state index in [1.165, 1.54) is 11.8 Å². The summed E-state index contributed by atoms with van der Waals surface area (Å²) in [5.74, 6) is -1.13. The first-order valence-electron chi connectivity index (χ1n) is 12.7. The van der Waals surface area contributed by atoms with Gasteiger partial charge in [0.15, 0.2) is 0 Å². The van der Waals surface area contributed by atoms with Crippen molar-refractivity contribution in [3.8, 4) is 0 Å². The molecule has 1 unspecified atom stereocenters. The van der Waals surface area contributed by atoms with Gasteiger partial charge in [-0.3, -0.25) is 14.4 Å². The number of halogens is 2. The first-order valence-corrected chi connectivity index (χ1v) is 14.3. The standard InChI is InChI=1S/C32H27Cl2N3O3S/c1-20-10-6-7-13-23(20)18-28(37-31(39)22-11-4-3-5-12-22)32(40)35-24-14-8-15-25(19-24)41-21(2)30(38)36-27-17-9-16-26(33)29(27)34/h3-19,21H,1-2H3,(H,35,40)(H,36,38)(H,37,39)/b28-18-. The van der Waals surface area contributed by atoms with Crippen molar-refractivity contribution in [3.05, 3.63) is 129 Å². The van der Waals surface area contributed by atoms with E-state index in [9.17, 15) is 14.4 Å². The molecule has 0 saturated heterocycles. The zero-order valence-corrected chi connectivity index (χ0v) is 24.6. The number of aryl methyl sites for hydroxylation is 1. The lowest BCUT2D eigenvalue weighted by atomic mass is 10.1. The number of carbonyl (C=O) groups is 3. The molecule has 4 rings (SSSR count). The van der Waals surface area contributed by atoms with Crippen LogP contribution in [0.25, 0.3) is 6.08 Å². The molecule has 4 aromatic carbocycles. The zero-order chi connectivity index (χ0) is 29.4. The van der Waals surface area contributed by atoms with Crippen LogP contribution in [0.15, 0.2) is 108 Å². The van der Waals surface area contributed by atoms with Gasteiger partial charge in [-0.1, -0.05) is 77.8 Å². The van der Waals surface area contributed by atoms with Crippen LogP contribution in [0.2, 0.25) is 10.0 Å². The Morgan fingerprint density at radius 1 is 0.829 bits per heavy atom. The van der Waals surface area contributed by atoms with Crippen molar-refractivity contribution >= 4 is 70.1 Å². The van der Waals surface area contributed by atoms with Gasteiger partial charge in [-0.25, -0.2) is 0 Å². The van der Waals surface area contributed by atoms with Crippen molar-refractivity contribution in [1.29, 1.82) is 0 Å². The maximum atomic E-state index is 13.4. The van der Waals surface area contributed by atoms with Crippen molar-refractivity contribution in [2.45, 2.75) is 24.0 Å². The lowest BCUT2D eigenvalue weighted by Gasteiger charge is -2.15. The highest BCUT2D eigenvalue weighted by Gasteiger charge is 2.18. The Morgan fingerprint density at radius 2 is 1.54 bits per heavy atom. The molecule has 0 bridgehead atoms. The lowest BCUT2D eigenvalue weighted by Crippen LogP contribution is -2.30. The van der Waals surface area contributed by atoms with Gasteiger partial charge in [0.25, 0.3) is 11.8 Å². The van der Waals surface area contributed by atoms with Crippen LogP contribution < -0.4 is 16.0 Å². The Kier molecular flexibility index (Phi) is 10.2. The molecule has 3 amide bonds. The lowest BCUT2D eigenvalue weighted by molar-refractivity contribution is -0.115. The minimum atomic E-state index is -0.485. The maximum Gasteiger partial charge on any atom is 0.272 e. The van der Waals surface area contributed by atoms with E-state index in [1.54, 1.807) is 73.7 Å². The highest BCUT2D eigenvalue weighted by Crippen LogP contribution is 2.31. The molecule has 0 heterocycles. The first kappa shape index (κ1) is 29.9. The number of hydrogen-bond donors (Lipinski definition) is 3. The van der Waals surface area contributed by atoms with Gasteiger partial charge in [-0.15, -0.1) is 11.8 Å². The van der Waals surface area contributed by atoms with E-state index in [1.807, 2.05) is 43.3 Å². The normalized spacial score (nSPS) is 11.9. The van der Waals surface area contributed by atoms with Crippen LogP contribution in [0.3, 0.4) is 0 Å². The van der Waals surface area contributed by atoms with Crippen LogP contribution in [0.1, 0.15) is 28.4 Å². The molecular weight excluding hydrogens is 577 g/mol. The molecule has 0 aliphatic rings. The van der Waals surface area contributed by atoms with Crippen molar-refractivity contribution in [1.82, 2.24) is 5.32 Å². The predicted octanol–water partition coefficient (Wildman–Crippen LogP) is 7.83. The van der Waals surface area contributed by atoms with Crippen LogP contribution >= 0.6 is 35.0 Å². The van der Waals surface area contributed by atoms with Crippen molar-refractivity contribution in [3.63, 3.8) is 0 Å². The minimum Gasteiger partial charge on any atom is -0.324 e. The van der Waals surface area contributed by atoms with Gasteiger partial charge in [0.2, 0.25) is 5.91 Å². The Labute approximate surface area is 253 Å². The summed E-state index contributed by atoms with van der Waals surface area (Å²) in [4.78, 5) is 39.9. The second kappa shape index (κ2) is 14.0. The summed E-state index contributed by atoms with van der Waals surface area (Å²) in [6, 6.07) is 28.4. The SMILES string of the molecule is Cc1ccccc1/C=C(\NC(=O)c1ccccc1)C(=O)Nc1cccc(SC(C)C(=O)Nc2cccc(Cl)c2Cl)c1. The van der Waals surface area contributed by atoms with E-state index < -0.39 is 17.1 Å². The van der Waals surface area contributed by atoms with Crippen LogP contribution in [0, 0.1) is 6.92 Å². The van der Waals surface area contributed by atoms with Gasteiger partial charge in [0.05, 0.1) is 21.0 Å². The largest absolute Gasteiger partial charge is 0.324 e. The highest BCUT2D eigenvalue weighted by atomic mass is 35.5. The monoisotopic (exact) mass is 603 g/mol. The van der Waals surface area contributed by atoms with Crippen molar-refractivity contribution in [2.24, 2.45) is 0 Å². The Balaban J connectivity index is 1.49. The molecule has 6 nitrogen and oxygen atoms in total. The average molecular weight is 605 g/mol. The molecule has 0 fully saturated rings. The average Bonchev–Trinajstić information content (AvgIpc) is 2.96. The summed E-state index contributed by atoms with van der Waals surface area (Å²) in [5, 5.41) is 8.57. The molecular formula is C32H27Cl2N3O3S. The molecule has 208 valence electrons. The molecule has 0 aliphatic heterocycles. The Morgan fingerprint density at radius 3 is 2.29 bits per heavy atom. The fourth-order valence-electron chi connectivity index (χ4n) is 3.78.